The van der Waals surface area contributed by atoms with Gasteiger partial charge in [-0.25, -0.2) is 0 Å². The number of nitro benzene ring substituents is 1. The van der Waals surface area contributed by atoms with E-state index in [0.717, 1.165) is 37.6 Å². The van der Waals surface area contributed by atoms with Gasteiger partial charge >= 0.3 is 0 Å². The number of nitro groups is 1. The summed E-state index contributed by atoms with van der Waals surface area (Å²) in [5, 5.41) is 11.6. The van der Waals surface area contributed by atoms with Crippen molar-refractivity contribution in [3.05, 3.63) is 99.1 Å². The molecule has 2 aromatic carbocycles. The Kier molecular flexibility index (Phi) is 7.70. The molecule has 7 heteroatoms. The number of carbonyl (C=O) groups is 1. The highest BCUT2D eigenvalue weighted by molar-refractivity contribution is 6.31. The SMILES string of the molecule is O=C(CCN1CCN(C(c2ccccc2)C2C=CC(Cl)=CC2)CC1)c1ccc([N+](=O)[O-])cc1. The summed E-state index contributed by atoms with van der Waals surface area (Å²) in [5.74, 6) is 0.399. The first-order chi connectivity index (χ1) is 16.0. The Bertz CT molecular complexity index is 1030. The Morgan fingerprint density at radius 3 is 2.36 bits per heavy atom. The third kappa shape index (κ3) is 5.96. The van der Waals surface area contributed by atoms with E-state index >= 15 is 0 Å². The second-order valence-electron chi connectivity index (χ2n) is 8.56. The van der Waals surface area contributed by atoms with Crippen molar-refractivity contribution in [1.29, 1.82) is 0 Å². The fraction of sp³-hybridized carbons (Fsp3) is 0.346. The molecule has 0 spiro atoms. The van der Waals surface area contributed by atoms with Crippen LogP contribution >= 0.6 is 11.6 Å². The number of piperazine rings is 1. The monoisotopic (exact) mass is 465 g/mol. The molecule has 0 bridgehead atoms. The largest absolute Gasteiger partial charge is 0.300 e. The predicted octanol–water partition coefficient (Wildman–Crippen LogP) is 5.23. The molecule has 0 radical (unpaired) electrons. The molecule has 4 rings (SSSR count). The summed E-state index contributed by atoms with van der Waals surface area (Å²) in [4.78, 5) is 27.7. The molecule has 2 aliphatic rings. The first-order valence-corrected chi connectivity index (χ1v) is 11.7. The maximum Gasteiger partial charge on any atom is 0.269 e. The van der Waals surface area contributed by atoms with E-state index in [4.69, 9.17) is 11.6 Å². The molecular formula is C26H28ClN3O3. The van der Waals surface area contributed by atoms with Crippen molar-refractivity contribution in [2.45, 2.75) is 18.9 Å². The molecule has 0 amide bonds. The van der Waals surface area contributed by atoms with Crippen molar-refractivity contribution in [2.24, 2.45) is 5.92 Å². The van der Waals surface area contributed by atoms with Gasteiger partial charge in [0.05, 0.1) is 4.92 Å². The number of Topliss-reactive ketones (excluding diaryl/α,β-unsaturated/α-hetero) is 1. The van der Waals surface area contributed by atoms with E-state index in [0.29, 0.717) is 30.5 Å². The van der Waals surface area contributed by atoms with Crippen molar-refractivity contribution in [3.8, 4) is 0 Å². The number of carbonyl (C=O) groups excluding carboxylic acids is 1. The Labute approximate surface area is 199 Å². The summed E-state index contributed by atoms with van der Waals surface area (Å²) in [5.41, 5.74) is 1.85. The maximum atomic E-state index is 12.5. The van der Waals surface area contributed by atoms with Crippen LogP contribution in [-0.2, 0) is 0 Å². The van der Waals surface area contributed by atoms with Crippen molar-refractivity contribution in [3.63, 3.8) is 0 Å². The molecule has 6 nitrogen and oxygen atoms in total. The molecule has 2 unspecified atom stereocenters. The van der Waals surface area contributed by atoms with E-state index in [1.165, 1.54) is 17.7 Å². The van der Waals surface area contributed by atoms with Gasteiger partial charge in [0.1, 0.15) is 0 Å². The molecule has 2 aromatic rings. The molecular weight excluding hydrogens is 438 g/mol. The van der Waals surface area contributed by atoms with Gasteiger partial charge < -0.3 is 4.90 Å². The van der Waals surface area contributed by atoms with Crippen LogP contribution in [0.1, 0.15) is 34.8 Å². The molecule has 1 fully saturated rings. The fourth-order valence-electron chi connectivity index (χ4n) is 4.66. The third-order valence-corrected chi connectivity index (χ3v) is 6.77. The second kappa shape index (κ2) is 10.9. The zero-order chi connectivity index (χ0) is 23.2. The van der Waals surface area contributed by atoms with Crippen LogP contribution in [-0.4, -0.2) is 53.2 Å². The van der Waals surface area contributed by atoms with Gasteiger partial charge in [0.25, 0.3) is 5.69 Å². The molecule has 1 aliphatic carbocycles. The first-order valence-electron chi connectivity index (χ1n) is 11.3. The van der Waals surface area contributed by atoms with Crippen molar-refractivity contribution in [2.75, 3.05) is 32.7 Å². The Hall–Kier alpha value is -2.80. The number of halogens is 1. The summed E-state index contributed by atoms with van der Waals surface area (Å²) in [6.07, 6.45) is 7.68. The van der Waals surface area contributed by atoms with E-state index in [1.807, 2.05) is 12.1 Å². The third-order valence-electron chi connectivity index (χ3n) is 6.49. The number of benzene rings is 2. The average Bonchev–Trinajstić information content (AvgIpc) is 2.85. The average molecular weight is 466 g/mol. The van der Waals surface area contributed by atoms with E-state index in [1.54, 1.807) is 12.1 Å². The summed E-state index contributed by atoms with van der Waals surface area (Å²) >= 11 is 6.16. The van der Waals surface area contributed by atoms with Gasteiger partial charge in [0, 0.05) is 73.8 Å². The minimum absolute atomic E-state index is 0.00112. The van der Waals surface area contributed by atoms with Gasteiger partial charge in [-0.1, -0.05) is 54.1 Å². The summed E-state index contributed by atoms with van der Waals surface area (Å²) in [6.45, 7) is 4.38. The molecule has 0 aromatic heterocycles. The van der Waals surface area contributed by atoms with Crippen molar-refractivity contribution < 1.29 is 9.72 Å². The number of non-ortho nitro benzene ring substituents is 1. The zero-order valence-corrected chi connectivity index (χ0v) is 19.2. The quantitative estimate of drug-likeness (QED) is 0.303. The topological polar surface area (TPSA) is 66.7 Å². The molecule has 0 N–H and O–H groups in total. The number of hydrogen-bond donors (Lipinski definition) is 0. The number of ketones is 1. The fourth-order valence-corrected chi connectivity index (χ4v) is 4.82. The van der Waals surface area contributed by atoms with Crippen LogP contribution in [0.3, 0.4) is 0 Å². The highest BCUT2D eigenvalue weighted by Crippen LogP contribution is 2.35. The van der Waals surface area contributed by atoms with Crippen LogP contribution in [0.15, 0.2) is 77.9 Å². The molecule has 172 valence electrons. The minimum atomic E-state index is -0.454. The lowest BCUT2D eigenvalue weighted by atomic mass is 9.86. The van der Waals surface area contributed by atoms with E-state index in [9.17, 15) is 14.9 Å². The lowest BCUT2D eigenvalue weighted by Gasteiger charge is -2.42. The van der Waals surface area contributed by atoms with Gasteiger partial charge in [-0.05, 0) is 30.2 Å². The lowest BCUT2D eigenvalue weighted by molar-refractivity contribution is -0.384. The smallest absolute Gasteiger partial charge is 0.269 e. The number of nitrogens with zero attached hydrogens (tertiary/aromatic N) is 3. The Balaban J connectivity index is 1.33. The van der Waals surface area contributed by atoms with E-state index in [2.05, 4.69) is 46.2 Å². The number of hydrogen-bond acceptors (Lipinski definition) is 5. The molecule has 1 saturated heterocycles. The van der Waals surface area contributed by atoms with Gasteiger partial charge in [-0.15, -0.1) is 0 Å². The van der Waals surface area contributed by atoms with Crippen molar-refractivity contribution >= 4 is 23.1 Å². The molecule has 1 heterocycles. The first kappa shape index (κ1) is 23.4. The predicted molar refractivity (Wildman–Crippen MR) is 130 cm³/mol. The number of rotatable bonds is 8. The van der Waals surface area contributed by atoms with Crippen LogP contribution < -0.4 is 0 Å². The van der Waals surface area contributed by atoms with E-state index in [-0.39, 0.29) is 11.5 Å². The van der Waals surface area contributed by atoms with Crippen LogP contribution in [0.4, 0.5) is 5.69 Å². The van der Waals surface area contributed by atoms with Crippen LogP contribution in [0.25, 0.3) is 0 Å². The van der Waals surface area contributed by atoms with Gasteiger partial charge in [0.15, 0.2) is 5.78 Å². The molecule has 1 aliphatic heterocycles. The van der Waals surface area contributed by atoms with Gasteiger partial charge in [-0.2, -0.15) is 0 Å². The zero-order valence-electron chi connectivity index (χ0n) is 18.5. The highest BCUT2D eigenvalue weighted by atomic mass is 35.5. The summed E-state index contributed by atoms with van der Waals surface area (Å²) in [7, 11) is 0. The summed E-state index contributed by atoms with van der Waals surface area (Å²) < 4.78 is 0. The summed E-state index contributed by atoms with van der Waals surface area (Å²) in [6, 6.07) is 16.8. The standard InChI is InChI=1S/C26H28ClN3O3/c27-23-10-6-22(7-11-23)26(21-4-2-1-3-5-21)29-18-16-28(17-19-29)15-14-25(31)20-8-12-24(13-9-20)30(32)33/h1-6,8-13,22,26H,7,14-19H2. The van der Waals surface area contributed by atoms with Crippen LogP contribution in [0, 0.1) is 16.0 Å². The molecule has 0 saturated carbocycles. The highest BCUT2D eigenvalue weighted by Gasteiger charge is 2.30. The van der Waals surface area contributed by atoms with Crippen LogP contribution in [0.5, 0.6) is 0 Å². The minimum Gasteiger partial charge on any atom is -0.300 e. The normalized spacial score (nSPS) is 20.3. The van der Waals surface area contributed by atoms with Gasteiger partial charge in [-0.3, -0.25) is 19.8 Å². The van der Waals surface area contributed by atoms with Crippen molar-refractivity contribution in [1.82, 2.24) is 9.80 Å². The van der Waals surface area contributed by atoms with Gasteiger partial charge in [0.2, 0.25) is 0 Å². The molecule has 2 atom stereocenters. The maximum absolute atomic E-state index is 12.5. The number of allylic oxidation sites excluding steroid dienone is 3. The second-order valence-corrected chi connectivity index (χ2v) is 8.99. The van der Waals surface area contributed by atoms with E-state index < -0.39 is 4.92 Å². The molecule has 33 heavy (non-hydrogen) atoms. The lowest BCUT2D eigenvalue weighted by Crippen LogP contribution is -2.49. The Morgan fingerprint density at radius 1 is 1.06 bits per heavy atom. The Morgan fingerprint density at radius 2 is 1.76 bits per heavy atom. The van der Waals surface area contributed by atoms with Crippen LogP contribution in [0.2, 0.25) is 0 Å².